The maximum absolute atomic E-state index is 3.74. The summed E-state index contributed by atoms with van der Waals surface area (Å²) in [4.78, 5) is 0. The van der Waals surface area contributed by atoms with Crippen molar-refractivity contribution in [1.82, 2.24) is 10.6 Å². The van der Waals surface area contributed by atoms with Gasteiger partial charge in [-0.15, -0.1) is 0 Å². The Morgan fingerprint density at radius 3 is 2.31 bits per heavy atom. The Morgan fingerprint density at radius 1 is 1.12 bits per heavy atom. The van der Waals surface area contributed by atoms with E-state index in [1.54, 1.807) is 0 Å². The van der Waals surface area contributed by atoms with Crippen LogP contribution in [0.15, 0.2) is 0 Å². The van der Waals surface area contributed by atoms with Crippen molar-refractivity contribution in [3.63, 3.8) is 0 Å². The normalized spacial score (nSPS) is 40.9. The van der Waals surface area contributed by atoms with Gasteiger partial charge in [0.1, 0.15) is 0 Å². The highest BCUT2D eigenvalue weighted by Crippen LogP contribution is 2.34. The van der Waals surface area contributed by atoms with Crippen molar-refractivity contribution >= 4 is 0 Å². The molecular formula is C14H30N2. The average Bonchev–Trinajstić information content (AvgIpc) is 2.25. The molecule has 0 bridgehead atoms. The van der Waals surface area contributed by atoms with Crippen molar-refractivity contribution in [3.05, 3.63) is 0 Å². The van der Waals surface area contributed by atoms with Crippen molar-refractivity contribution in [2.45, 2.75) is 78.4 Å². The predicted octanol–water partition coefficient (Wildman–Crippen LogP) is 2.93. The Balaban J connectivity index is 2.81. The van der Waals surface area contributed by atoms with E-state index in [1.807, 2.05) is 0 Å². The maximum atomic E-state index is 3.74. The molecule has 1 fully saturated rings. The van der Waals surface area contributed by atoms with Crippen LogP contribution < -0.4 is 10.6 Å². The van der Waals surface area contributed by atoms with Crippen molar-refractivity contribution in [2.24, 2.45) is 5.41 Å². The number of rotatable bonds is 1. The highest BCUT2D eigenvalue weighted by Gasteiger charge is 2.33. The zero-order valence-corrected chi connectivity index (χ0v) is 12.0. The standard InChI is InChI=1S/C14H30N2/c1-7-14(6)9-8-13(4,5)15-10-11(2)16-12(14)3/h11-12,15-16H,7-10H2,1-6H3. The summed E-state index contributed by atoms with van der Waals surface area (Å²) >= 11 is 0. The highest BCUT2D eigenvalue weighted by molar-refractivity contribution is 4.92. The van der Waals surface area contributed by atoms with Crippen molar-refractivity contribution in [2.75, 3.05) is 6.54 Å². The van der Waals surface area contributed by atoms with Gasteiger partial charge in [0.05, 0.1) is 0 Å². The van der Waals surface area contributed by atoms with Crippen LogP contribution in [0.4, 0.5) is 0 Å². The molecule has 96 valence electrons. The van der Waals surface area contributed by atoms with Gasteiger partial charge in [0.2, 0.25) is 0 Å². The first-order chi connectivity index (χ1) is 7.29. The summed E-state index contributed by atoms with van der Waals surface area (Å²) in [5.74, 6) is 0. The lowest BCUT2D eigenvalue weighted by atomic mass is 9.74. The molecule has 0 aliphatic carbocycles. The van der Waals surface area contributed by atoms with Gasteiger partial charge in [-0.3, -0.25) is 0 Å². The summed E-state index contributed by atoms with van der Waals surface area (Å²) in [7, 11) is 0. The second-order valence-electron chi connectivity index (χ2n) is 6.56. The van der Waals surface area contributed by atoms with E-state index >= 15 is 0 Å². The molecule has 2 heteroatoms. The quantitative estimate of drug-likeness (QED) is 0.718. The average molecular weight is 226 g/mol. The Labute approximate surface area is 102 Å². The van der Waals surface area contributed by atoms with E-state index in [1.165, 1.54) is 19.3 Å². The van der Waals surface area contributed by atoms with E-state index in [0.717, 1.165) is 6.54 Å². The molecule has 1 rings (SSSR count). The molecule has 0 aromatic heterocycles. The minimum absolute atomic E-state index is 0.274. The molecule has 0 amide bonds. The van der Waals surface area contributed by atoms with Gasteiger partial charge in [-0.2, -0.15) is 0 Å². The van der Waals surface area contributed by atoms with E-state index in [9.17, 15) is 0 Å². The molecule has 3 unspecified atom stereocenters. The minimum Gasteiger partial charge on any atom is -0.310 e. The van der Waals surface area contributed by atoms with Crippen molar-refractivity contribution in [1.29, 1.82) is 0 Å². The molecule has 0 aromatic carbocycles. The highest BCUT2D eigenvalue weighted by atomic mass is 15.0. The third-order valence-electron chi connectivity index (χ3n) is 4.60. The fourth-order valence-electron chi connectivity index (χ4n) is 2.50. The van der Waals surface area contributed by atoms with Crippen LogP contribution in [0.2, 0.25) is 0 Å². The van der Waals surface area contributed by atoms with E-state index in [0.29, 0.717) is 17.5 Å². The van der Waals surface area contributed by atoms with Gasteiger partial charge in [0.25, 0.3) is 0 Å². The molecule has 1 heterocycles. The summed E-state index contributed by atoms with van der Waals surface area (Å²) in [6, 6.07) is 1.15. The van der Waals surface area contributed by atoms with Crippen LogP contribution in [0.25, 0.3) is 0 Å². The maximum Gasteiger partial charge on any atom is 0.0167 e. The molecule has 16 heavy (non-hydrogen) atoms. The van der Waals surface area contributed by atoms with Crippen LogP contribution in [0, 0.1) is 5.41 Å². The molecule has 1 aliphatic rings. The molecule has 2 nitrogen and oxygen atoms in total. The first-order valence-electron chi connectivity index (χ1n) is 6.80. The number of hydrogen-bond acceptors (Lipinski definition) is 2. The lowest BCUT2D eigenvalue weighted by Crippen LogP contribution is -2.48. The van der Waals surface area contributed by atoms with Gasteiger partial charge >= 0.3 is 0 Å². The van der Waals surface area contributed by atoms with E-state index in [4.69, 9.17) is 0 Å². The fraction of sp³-hybridized carbons (Fsp3) is 1.00. The molecule has 3 atom stereocenters. The lowest BCUT2D eigenvalue weighted by molar-refractivity contribution is 0.182. The molecule has 2 N–H and O–H groups in total. The third-order valence-corrected chi connectivity index (χ3v) is 4.60. The summed E-state index contributed by atoms with van der Waals surface area (Å²) in [5, 5.41) is 7.41. The van der Waals surface area contributed by atoms with Gasteiger partial charge in [0, 0.05) is 24.2 Å². The van der Waals surface area contributed by atoms with Crippen LogP contribution in [-0.4, -0.2) is 24.2 Å². The predicted molar refractivity (Wildman–Crippen MR) is 71.8 cm³/mol. The van der Waals surface area contributed by atoms with Gasteiger partial charge in [-0.1, -0.05) is 13.8 Å². The second kappa shape index (κ2) is 5.05. The van der Waals surface area contributed by atoms with Crippen LogP contribution in [-0.2, 0) is 0 Å². The van der Waals surface area contributed by atoms with Gasteiger partial charge in [-0.05, 0) is 52.4 Å². The smallest absolute Gasteiger partial charge is 0.0167 e. The Bertz CT molecular complexity index is 225. The third kappa shape index (κ3) is 3.46. The summed E-state index contributed by atoms with van der Waals surface area (Å²) in [6.45, 7) is 15.1. The first kappa shape index (κ1) is 14.0. The van der Waals surface area contributed by atoms with Crippen LogP contribution in [0.1, 0.15) is 60.8 Å². The molecule has 1 saturated heterocycles. The summed E-state index contributed by atoms with van der Waals surface area (Å²) < 4.78 is 0. The Kier molecular flexibility index (Phi) is 4.42. The zero-order chi connectivity index (χ0) is 12.4. The lowest BCUT2D eigenvalue weighted by Gasteiger charge is -2.37. The molecule has 0 spiro atoms. The minimum atomic E-state index is 0.274. The molecular weight excluding hydrogens is 196 g/mol. The fourth-order valence-corrected chi connectivity index (χ4v) is 2.50. The zero-order valence-electron chi connectivity index (χ0n) is 12.0. The van der Waals surface area contributed by atoms with Gasteiger partial charge in [-0.25, -0.2) is 0 Å². The van der Waals surface area contributed by atoms with E-state index in [-0.39, 0.29) is 5.54 Å². The van der Waals surface area contributed by atoms with Crippen molar-refractivity contribution in [3.8, 4) is 0 Å². The summed E-state index contributed by atoms with van der Waals surface area (Å²) in [5.41, 5.74) is 0.702. The number of nitrogens with one attached hydrogen (secondary N) is 2. The molecule has 1 aliphatic heterocycles. The molecule has 0 aromatic rings. The summed E-state index contributed by atoms with van der Waals surface area (Å²) in [6.07, 6.45) is 3.81. The Morgan fingerprint density at radius 2 is 1.75 bits per heavy atom. The topological polar surface area (TPSA) is 24.1 Å². The van der Waals surface area contributed by atoms with Gasteiger partial charge in [0.15, 0.2) is 0 Å². The van der Waals surface area contributed by atoms with Crippen molar-refractivity contribution < 1.29 is 0 Å². The van der Waals surface area contributed by atoms with Gasteiger partial charge < -0.3 is 10.6 Å². The van der Waals surface area contributed by atoms with Crippen LogP contribution in [0.5, 0.6) is 0 Å². The largest absolute Gasteiger partial charge is 0.310 e. The Hall–Kier alpha value is -0.0800. The molecule has 0 saturated carbocycles. The number of hydrogen-bond donors (Lipinski definition) is 2. The SMILES string of the molecule is CCC1(C)CCC(C)(C)NCC(C)NC1C. The monoisotopic (exact) mass is 226 g/mol. The second-order valence-corrected chi connectivity index (χ2v) is 6.56. The van der Waals surface area contributed by atoms with E-state index < -0.39 is 0 Å². The van der Waals surface area contributed by atoms with E-state index in [2.05, 4.69) is 52.2 Å². The van der Waals surface area contributed by atoms with Crippen LogP contribution in [0.3, 0.4) is 0 Å². The molecule has 0 radical (unpaired) electrons. The first-order valence-corrected chi connectivity index (χ1v) is 6.80. The van der Waals surface area contributed by atoms with Crippen LogP contribution >= 0.6 is 0 Å².